The van der Waals surface area contributed by atoms with Gasteiger partial charge in [0.25, 0.3) is 5.91 Å². The van der Waals surface area contributed by atoms with Crippen LogP contribution in [0.2, 0.25) is 0 Å². The largest absolute Gasteiger partial charge is 0.482 e. The van der Waals surface area contributed by atoms with E-state index in [1.807, 2.05) is 31.2 Å². The van der Waals surface area contributed by atoms with Crippen LogP contribution in [0.1, 0.15) is 50.3 Å². The van der Waals surface area contributed by atoms with Gasteiger partial charge in [-0.2, -0.15) is 0 Å². The Hall–Kier alpha value is -2.41. The summed E-state index contributed by atoms with van der Waals surface area (Å²) in [7, 11) is 1.43. The Morgan fingerprint density at radius 3 is 2.62 bits per heavy atom. The number of halogens is 1. The van der Waals surface area contributed by atoms with Gasteiger partial charge in [-0.05, 0) is 69.5 Å². The number of methoxy groups -OCH3 is 1. The van der Waals surface area contributed by atoms with Crippen LogP contribution in [0.3, 0.4) is 0 Å². The molecule has 168 valence electrons. The van der Waals surface area contributed by atoms with Crippen LogP contribution in [0.4, 0.5) is 5.69 Å². The number of hydrogen-bond donors (Lipinski definition) is 2. The molecule has 32 heavy (non-hydrogen) atoms. The van der Waals surface area contributed by atoms with E-state index in [2.05, 4.69) is 47.2 Å². The van der Waals surface area contributed by atoms with Gasteiger partial charge in [-0.3, -0.25) is 4.79 Å². The molecule has 4 rings (SSSR count). The van der Waals surface area contributed by atoms with Gasteiger partial charge in [-0.1, -0.05) is 45.8 Å². The van der Waals surface area contributed by atoms with E-state index in [4.69, 9.17) is 9.47 Å². The molecule has 0 radical (unpaired) electrons. The third-order valence-corrected chi connectivity index (χ3v) is 6.64. The number of hydrogen-bond acceptors (Lipinski definition) is 4. The van der Waals surface area contributed by atoms with Crippen molar-refractivity contribution in [3.63, 3.8) is 0 Å². The number of amides is 1. The SMILES string of the molecule is CO[C@@H]1C(=O)Nc2ccc3c(c2[C@@]1(O)c1ccc(Br)cc1)O[C@@](C)(CCC=C(C)C)C=C3. The highest BCUT2D eigenvalue weighted by molar-refractivity contribution is 9.10. The zero-order valence-electron chi connectivity index (χ0n) is 18.7. The van der Waals surface area contributed by atoms with Crippen molar-refractivity contribution in [1.82, 2.24) is 0 Å². The summed E-state index contributed by atoms with van der Waals surface area (Å²) in [5, 5.41) is 15.1. The number of nitrogens with one attached hydrogen (secondary N) is 1. The number of anilines is 1. The first kappa shape index (κ1) is 22.8. The topological polar surface area (TPSA) is 67.8 Å². The van der Waals surface area contributed by atoms with Crippen LogP contribution in [0, 0.1) is 0 Å². The van der Waals surface area contributed by atoms with E-state index in [1.165, 1.54) is 12.7 Å². The molecule has 2 aliphatic rings. The molecule has 2 aromatic rings. The van der Waals surface area contributed by atoms with Crippen LogP contribution in [0.15, 0.2) is 58.6 Å². The molecule has 5 nitrogen and oxygen atoms in total. The van der Waals surface area contributed by atoms with Crippen LogP contribution in [-0.2, 0) is 15.1 Å². The molecular formula is C26H28BrNO4. The quantitative estimate of drug-likeness (QED) is 0.530. The minimum Gasteiger partial charge on any atom is -0.482 e. The number of rotatable bonds is 5. The molecule has 2 aromatic carbocycles. The Morgan fingerprint density at radius 1 is 1.25 bits per heavy atom. The second-order valence-corrected chi connectivity index (χ2v) is 9.77. The smallest absolute Gasteiger partial charge is 0.257 e. The molecule has 0 aliphatic carbocycles. The van der Waals surface area contributed by atoms with E-state index in [-0.39, 0.29) is 0 Å². The maximum atomic E-state index is 12.9. The average Bonchev–Trinajstić information content (AvgIpc) is 2.73. The van der Waals surface area contributed by atoms with Crippen molar-refractivity contribution in [1.29, 1.82) is 0 Å². The molecule has 0 aromatic heterocycles. The van der Waals surface area contributed by atoms with Crippen LogP contribution < -0.4 is 10.1 Å². The number of carbonyl (C=O) groups excluding carboxylic acids is 1. The van der Waals surface area contributed by atoms with Gasteiger partial charge in [0.15, 0.2) is 11.7 Å². The summed E-state index contributed by atoms with van der Waals surface area (Å²) in [4.78, 5) is 12.9. The number of fused-ring (bicyclic) bond motifs is 3. The fourth-order valence-corrected chi connectivity index (χ4v) is 4.70. The van der Waals surface area contributed by atoms with Crippen molar-refractivity contribution < 1.29 is 19.4 Å². The number of carbonyl (C=O) groups is 1. The summed E-state index contributed by atoms with van der Waals surface area (Å²) in [6, 6.07) is 11.0. The zero-order valence-corrected chi connectivity index (χ0v) is 20.3. The maximum Gasteiger partial charge on any atom is 0.257 e. The van der Waals surface area contributed by atoms with Crippen LogP contribution in [0.25, 0.3) is 6.08 Å². The minimum atomic E-state index is -1.72. The minimum absolute atomic E-state index is 0.400. The highest BCUT2D eigenvalue weighted by Gasteiger charge is 2.52. The molecule has 1 amide bonds. The van der Waals surface area contributed by atoms with E-state index in [0.717, 1.165) is 22.9 Å². The number of benzene rings is 2. The molecule has 0 bridgehead atoms. The van der Waals surface area contributed by atoms with E-state index in [9.17, 15) is 9.90 Å². The van der Waals surface area contributed by atoms with Gasteiger partial charge in [0.1, 0.15) is 11.4 Å². The Bertz CT molecular complexity index is 1100. The van der Waals surface area contributed by atoms with Crippen molar-refractivity contribution in [3.8, 4) is 5.75 Å². The van der Waals surface area contributed by atoms with Gasteiger partial charge in [-0.25, -0.2) is 0 Å². The summed E-state index contributed by atoms with van der Waals surface area (Å²) in [5.41, 5.74) is 1.45. The van der Waals surface area contributed by atoms with Gasteiger partial charge in [0.05, 0.1) is 11.3 Å². The predicted molar refractivity (Wildman–Crippen MR) is 130 cm³/mol. The molecule has 0 fully saturated rings. The second-order valence-electron chi connectivity index (χ2n) is 8.85. The zero-order chi connectivity index (χ0) is 23.1. The lowest BCUT2D eigenvalue weighted by Gasteiger charge is -2.43. The van der Waals surface area contributed by atoms with Crippen LogP contribution in [-0.4, -0.2) is 29.8 Å². The molecule has 0 saturated heterocycles. The van der Waals surface area contributed by atoms with Crippen molar-refractivity contribution in [2.75, 3.05) is 12.4 Å². The second kappa shape index (κ2) is 8.50. The first-order chi connectivity index (χ1) is 15.2. The lowest BCUT2D eigenvalue weighted by molar-refractivity contribution is -0.142. The van der Waals surface area contributed by atoms with Gasteiger partial charge in [0, 0.05) is 17.1 Å². The number of allylic oxidation sites excluding steroid dienone is 2. The van der Waals surface area contributed by atoms with Crippen molar-refractivity contribution >= 4 is 33.6 Å². The summed E-state index contributed by atoms with van der Waals surface area (Å²) in [6.45, 7) is 6.20. The third-order valence-electron chi connectivity index (χ3n) is 6.11. The summed E-state index contributed by atoms with van der Waals surface area (Å²) < 4.78 is 13.0. The first-order valence-corrected chi connectivity index (χ1v) is 11.5. The highest BCUT2D eigenvalue weighted by atomic mass is 79.9. The van der Waals surface area contributed by atoms with E-state index >= 15 is 0 Å². The van der Waals surface area contributed by atoms with Gasteiger partial charge in [-0.15, -0.1) is 0 Å². The summed E-state index contributed by atoms with van der Waals surface area (Å²) in [6.07, 6.45) is 6.82. The monoisotopic (exact) mass is 497 g/mol. The van der Waals surface area contributed by atoms with E-state index in [0.29, 0.717) is 22.6 Å². The molecule has 3 atom stereocenters. The maximum absolute atomic E-state index is 12.9. The Kier molecular flexibility index (Phi) is 6.05. The van der Waals surface area contributed by atoms with E-state index in [1.54, 1.807) is 18.2 Å². The number of aliphatic hydroxyl groups is 1. The average molecular weight is 498 g/mol. The van der Waals surface area contributed by atoms with Crippen LogP contribution in [0.5, 0.6) is 5.75 Å². The van der Waals surface area contributed by atoms with Gasteiger partial charge in [0.2, 0.25) is 0 Å². The van der Waals surface area contributed by atoms with Crippen molar-refractivity contribution in [2.24, 2.45) is 0 Å². The molecule has 2 aliphatic heterocycles. The lowest BCUT2D eigenvalue weighted by atomic mass is 9.76. The predicted octanol–water partition coefficient (Wildman–Crippen LogP) is 5.56. The first-order valence-electron chi connectivity index (χ1n) is 10.7. The highest BCUT2D eigenvalue weighted by Crippen LogP contribution is 2.50. The van der Waals surface area contributed by atoms with Crippen molar-refractivity contribution in [2.45, 2.75) is 50.9 Å². The number of ether oxygens (including phenoxy) is 2. The molecule has 0 saturated carbocycles. The standard InChI is InChI=1S/C26H28BrNO4/c1-16(2)6-5-14-25(3)15-13-17-7-12-20-21(22(17)32-25)26(30,23(31-4)24(29)28-20)18-8-10-19(27)11-9-18/h6-13,15,23,30H,5,14H2,1-4H3,(H,28,29)/t23-,25+,26+/m1/s1. The normalized spacial score (nSPS) is 25.9. The van der Waals surface area contributed by atoms with E-state index < -0.39 is 23.2 Å². The fourth-order valence-electron chi connectivity index (χ4n) is 4.43. The van der Waals surface area contributed by atoms with Gasteiger partial charge < -0.3 is 19.9 Å². The molecule has 0 spiro atoms. The molecular weight excluding hydrogens is 470 g/mol. The molecule has 2 heterocycles. The van der Waals surface area contributed by atoms with Crippen molar-refractivity contribution in [3.05, 3.63) is 75.3 Å². The van der Waals surface area contributed by atoms with Crippen LogP contribution >= 0.6 is 15.9 Å². The Morgan fingerprint density at radius 2 is 1.97 bits per heavy atom. The molecule has 0 unspecified atom stereocenters. The molecule has 2 N–H and O–H groups in total. The summed E-state index contributed by atoms with van der Waals surface area (Å²) in [5.74, 6) is 0.167. The van der Waals surface area contributed by atoms with Gasteiger partial charge >= 0.3 is 0 Å². The Labute approximate surface area is 197 Å². The fraction of sp³-hybridized carbons (Fsp3) is 0.346. The lowest BCUT2D eigenvalue weighted by Crippen LogP contribution is -2.53. The summed E-state index contributed by atoms with van der Waals surface area (Å²) >= 11 is 3.44. The molecule has 6 heteroatoms. The third kappa shape index (κ3) is 3.91. The Balaban J connectivity index is 1.87.